The van der Waals surface area contributed by atoms with Crippen LogP contribution in [0.4, 0.5) is 0 Å². The first-order chi connectivity index (χ1) is 7.69. The number of ketones is 1. The second-order valence-electron chi connectivity index (χ2n) is 5.61. The largest absolute Gasteiger partial charge is 0.295 e. The van der Waals surface area contributed by atoms with Gasteiger partial charge in [0.1, 0.15) is 0 Å². The first kappa shape index (κ1) is 10.1. The average molecular weight is 214 g/mol. The minimum Gasteiger partial charge on any atom is -0.295 e. The third-order valence-electron chi connectivity index (χ3n) is 4.56. The number of carbonyl (C=O) groups excluding carboxylic acids is 1. The molecule has 3 atom stereocenters. The van der Waals surface area contributed by atoms with Gasteiger partial charge in [0.2, 0.25) is 0 Å². The Balaban J connectivity index is 2.02. The van der Waals surface area contributed by atoms with Crippen LogP contribution in [-0.4, -0.2) is 5.78 Å². The Kier molecular flexibility index (Phi) is 2.17. The lowest BCUT2D eigenvalue weighted by Gasteiger charge is -2.46. The fourth-order valence-electron chi connectivity index (χ4n) is 3.54. The first-order valence-electron chi connectivity index (χ1n) is 6.28. The molecule has 0 spiro atoms. The van der Waals surface area contributed by atoms with Crippen molar-refractivity contribution in [2.45, 2.75) is 32.6 Å². The summed E-state index contributed by atoms with van der Waals surface area (Å²) in [6.07, 6.45) is 15.2. The summed E-state index contributed by atoms with van der Waals surface area (Å²) in [4.78, 5) is 11.4. The molecule has 0 heterocycles. The van der Waals surface area contributed by atoms with Crippen molar-refractivity contribution >= 4 is 5.78 Å². The molecule has 84 valence electrons. The predicted octanol–water partition coefficient (Wildman–Crippen LogP) is 3.43. The molecule has 0 amide bonds. The highest BCUT2D eigenvalue weighted by Crippen LogP contribution is 2.51. The highest BCUT2D eigenvalue weighted by molar-refractivity contribution is 5.92. The molecular weight excluding hydrogens is 196 g/mol. The zero-order valence-electron chi connectivity index (χ0n) is 9.78. The lowest BCUT2D eigenvalue weighted by molar-refractivity contribution is -0.115. The molecule has 0 aromatic carbocycles. The maximum absolute atomic E-state index is 11.4. The second kappa shape index (κ2) is 3.44. The molecule has 0 saturated carbocycles. The summed E-state index contributed by atoms with van der Waals surface area (Å²) >= 11 is 0. The molecule has 0 bridgehead atoms. The van der Waals surface area contributed by atoms with E-state index in [4.69, 9.17) is 0 Å². The summed E-state index contributed by atoms with van der Waals surface area (Å²) in [5.41, 5.74) is 1.62. The third kappa shape index (κ3) is 1.41. The fraction of sp³-hybridized carbons (Fsp3) is 0.533. The van der Waals surface area contributed by atoms with E-state index in [1.165, 1.54) is 12.0 Å². The van der Waals surface area contributed by atoms with Crippen molar-refractivity contribution < 1.29 is 4.79 Å². The van der Waals surface area contributed by atoms with Crippen molar-refractivity contribution in [1.82, 2.24) is 0 Å². The molecule has 1 nitrogen and oxygen atoms in total. The van der Waals surface area contributed by atoms with Crippen LogP contribution >= 0.6 is 0 Å². The molecule has 0 saturated heterocycles. The topological polar surface area (TPSA) is 17.1 Å². The summed E-state index contributed by atoms with van der Waals surface area (Å²) in [7, 11) is 0. The Hall–Kier alpha value is -1.11. The number of carbonyl (C=O) groups is 1. The monoisotopic (exact) mass is 214 g/mol. The van der Waals surface area contributed by atoms with Gasteiger partial charge in [0, 0.05) is 6.42 Å². The number of hydrogen-bond acceptors (Lipinski definition) is 1. The second-order valence-corrected chi connectivity index (χ2v) is 5.61. The molecular formula is C15H18O. The van der Waals surface area contributed by atoms with Crippen molar-refractivity contribution in [3.8, 4) is 0 Å². The standard InChI is InChI=1S/C15H18O/c1-15-8-3-2-4-14(15)13-6-5-12(16)10-11(13)7-9-15/h2-3,7,9-10,13-14H,4-6,8H2,1H3/t13-,14-,15-/m0/s1. The van der Waals surface area contributed by atoms with E-state index in [9.17, 15) is 4.79 Å². The van der Waals surface area contributed by atoms with E-state index in [1.807, 2.05) is 6.08 Å². The van der Waals surface area contributed by atoms with Crippen LogP contribution < -0.4 is 0 Å². The maximum Gasteiger partial charge on any atom is 0.155 e. The molecule has 1 heteroatoms. The predicted molar refractivity (Wildman–Crippen MR) is 64.9 cm³/mol. The van der Waals surface area contributed by atoms with Gasteiger partial charge in [-0.3, -0.25) is 4.79 Å². The first-order valence-corrected chi connectivity index (χ1v) is 6.28. The van der Waals surface area contributed by atoms with Crippen LogP contribution in [0.25, 0.3) is 0 Å². The van der Waals surface area contributed by atoms with Gasteiger partial charge in [-0.1, -0.05) is 31.2 Å². The zero-order chi connectivity index (χ0) is 11.2. The number of fused-ring (bicyclic) bond motifs is 3. The van der Waals surface area contributed by atoms with Crippen molar-refractivity contribution in [1.29, 1.82) is 0 Å². The molecule has 0 aliphatic heterocycles. The van der Waals surface area contributed by atoms with Gasteiger partial charge in [-0.25, -0.2) is 0 Å². The summed E-state index contributed by atoms with van der Waals surface area (Å²) in [5.74, 6) is 1.64. The highest BCUT2D eigenvalue weighted by Gasteiger charge is 2.42. The SMILES string of the molecule is C[C@]12C=CC3=CC(=O)CC[C@@H]3[C@@H]1CC=CC2. The van der Waals surface area contributed by atoms with Crippen LogP contribution in [0, 0.1) is 17.3 Å². The van der Waals surface area contributed by atoms with Crippen LogP contribution in [0.2, 0.25) is 0 Å². The smallest absolute Gasteiger partial charge is 0.155 e. The molecule has 0 fully saturated rings. The van der Waals surface area contributed by atoms with Gasteiger partial charge in [0.15, 0.2) is 5.78 Å². The van der Waals surface area contributed by atoms with E-state index in [-0.39, 0.29) is 0 Å². The van der Waals surface area contributed by atoms with Gasteiger partial charge >= 0.3 is 0 Å². The summed E-state index contributed by atoms with van der Waals surface area (Å²) in [6, 6.07) is 0. The Morgan fingerprint density at radius 3 is 3.12 bits per heavy atom. The fourth-order valence-corrected chi connectivity index (χ4v) is 3.54. The molecule has 0 N–H and O–H groups in total. The number of allylic oxidation sites excluding steroid dienone is 6. The van der Waals surface area contributed by atoms with Gasteiger partial charge < -0.3 is 0 Å². The van der Waals surface area contributed by atoms with E-state index in [0.29, 0.717) is 23.0 Å². The van der Waals surface area contributed by atoms with E-state index in [2.05, 4.69) is 31.2 Å². The Bertz CT molecular complexity index is 413. The molecule has 3 aliphatic carbocycles. The number of rotatable bonds is 0. The van der Waals surface area contributed by atoms with E-state index in [0.717, 1.165) is 19.3 Å². The van der Waals surface area contributed by atoms with Crippen LogP contribution in [0.1, 0.15) is 32.6 Å². The lowest BCUT2D eigenvalue weighted by atomic mass is 9.58. The van der Waals surface area contributed by atoms with Crippen LogP contribution in [0.5, 0.6) is 0 Å². The van der Waals surface area contributed by atoms with Crippen LogP contribution in [0.3, 0.4) is 0 Å². The quantitative estimate of drug-likeness (QED) is 0.565. The molecule has 0 unspecified atom stereocenters. The average Bonchev–Trinajstić information content (AvgIpc) is 2.28. The van der Waals surface area contributed by atoms with Crippen molar-refractivity contribution in [2.75, 3.05) is 0 Å². The minimum atomic E-state index is 0.311. The van der Waals surface area contributed by atoms with Gasteiger partial charge in [-0.15, -0.1) is 0 Å². The van der Waals surface area contributed by atoms with Crippen LogP contribution in [-0.2, 0) is 4.79 Å². The minimum absolute atomic E-state index is 0.311. The number of hydrogen-bond donors (Lipinski definition) is 0. The van der Waals surface area contributed by atoms with Gasteiger partial charge in [0.05, 0.1) is 0 Å². The highest BCUT2D eigenvalue weighted by atomic mass is 16.1. The Morgan fingerprint density at radius 2 is 2.25 bits per heavy atom. The van der Waals surface area contributed by atoms with Crippen molar-refractivity contribution in [3.05, 3.63) is 36.0 Å². The van der Waals surface area contributed by atoms with Gasteiger partial charge in [-0.2, -0.15) is 0 Å². The van der Waals surface area contributed by atoms with E-state index < -0.39 is 0 Å². The zero-order valence-corrected chi connectivity index (χ0v) is 9.78. The summed E-state index contributed by atoms with van der Waals surface area (Å²) in [5, 5.41) is 0. The molecule has 16 heavy (non-hydrogen) atoms. The van der Waals surface area contributed by atoms with E-state index >= 15 is 0 Å². The molecule has 0 aromatic rings. The third-order valence-corrected chi connectivity index (χ3v) is 4.56. The van der Waals surface area contributed by atoms with Crippen LogP contribution in [0.15, 0.2) is 36.0 Å². The Labute approximate surface area is 96.9 Å². The van der Waals surface area contributed by atoms with Crippen molar-refractivity contribution in [2.24, 2.45) is 17.3 Å². The molecule has 3 rings (SSSR count). The summed E-state index contributed by atoms with van der Waals surface area (Å²) in [6.45, 7) is 2.37. The molecule has 3 aliphatic rings. The van der Waals surface area contributed by atoms with Crippen molar-refractivity contribution in [3.63, 3.8) is 0 Å². The molecule has 0 aromatic heterocycles. The Morgan fingerprint density at radius 1 is 1.38 bits per heavy atom. The lowest BCUT2D eigenvalue weighted by Crippen LogP contribution is -2.37. The summed E-state index contributed by atoms with van der Waals surface area (Å²) < 4.78 is 0. The van der Waals surface area contributed by atoms with E-state index in [1.54, 1.807) is 0 Å². The maximum atomic E-state index is 11.4. The molecule has 0 radical (unpaired) electrons. The van der Waals surface area contributed by atoms with Gasteiger partial charge in [0.25, 0.3) is 0 Å². The van der Waals surface area contributed by atoms with Gasteiger partial charge in [-0.05, 0) is 48.2 Å². The normalized spacial score (nSPS) is 41.3.